The Bertz CT molecular complexity index is 383. The molecule has 1 aromatic rings. The first-order valence-electron chi connectivity index (χ1n) is 5.14. The zero-order valence-electron chi connectivity index (χ0n) is 8.63. The fraction of sp³-hybridized carbons (Fsp3) is 0.417. The van der Waals surface area contributed by atoms with Crippen molar-refractivity contribution in [2.45, 2.75) is 32.3 Å². The predicted molar refractivity (Wildman–Crippen MR) is 54.7 cm³/mol. The maximum Gasteiger partial charge on any atom is 0.166 e. The standard InChI is InChI=1S/C12H13FO2/c1-8(14)12-10(13)6-3-7-11(12)15-9-4-2-5-9/h3,6-7,9H,2,4-5H2,1H3. The molecule has 0 heterocycles. The van der Waals surface area contributed by atoms with Crippen molar-refractivity contribution >= 4 is 5.78 Å². The molecule has 0 atom stereocenters. The second-order valence-corrected chi connectivity index (χ2v) is 3.84. The van der Waals surface area contributed by atoms with E-state index in [1.165, 1.54) is 13.0 Å². The monoisotopic (exact) mass is 208 g/mol. The van der Waals surface area contributed by atoms with Gasteiger partial charge in [0, 0.05) is 0 Å². The quantitative estimate of drug-likeness (QED) is 0.714. The summed E-state index contributed by atoms with van der Waals surface area (Å²) < 4.78 is 18.9. The van der Waals surface area contributed by atoms with Crippen molar-refractivity contribution in [3.8, 4) is 5.75 Å². The van der Waals surface area contributed by atoms with E-state index in [1.807, 2.05) is 0 Å². The molecule has 0 aliphatic heterocycles. The van der Waals surface area contributed by atoms with Gasteiger partial charge in [0.25, 0.3) is 0 Å². The van der Waals surface area contributed by atoms with E-state index in [1.54, 1.807) is 12.1 Å². The Morgan fingerprint density at radius 1 is 1.47 bits per heavy atom. The van der Waals surface area contributed by atoms with Crippen LogP contribution in [0.5, 0.6) is 5.75 Å². The van der Waals surface area contributed by atoms with Gasteiger partial charge in [-0.05, 0) is 38.3 Å². The van der Waals surface area contributed by atoms with Gasteiger partial charge in [0.2, 0.25) is 0 Å². The number of benzene rings is 1. The zero-order valence-corrected chi connectivity index (χ0v) is 8.63. The molecule has 0 aromatic heterocycles. The largest absolute Gasteiger partial charge is 0.490 e. The van der Waals surface area contributed by atoms with E-state index >= 15 is 0 Å². The Kier molecular flexibility index (Phi) is 2.71. The van der Waals surface area contributed by atoms with E-state index in [4.69, 9.17) is 4.74 Å². The van der Waals surface area contributed by atoms with Crippen molar-refractivity contribution < 1.29 is 13.9 Å². The summed E-state index contributed by atoms with van der Waals surface area (Å²) in [7, 11) is 0. The van der Waals surface area contributed by atoms with Crippen LogP contribution in [-0.2, 0) is 0 Å². The Morgan fingerprint density at radius 2 is 2.20 bits per heavy atom. The van der Waals surface area contributed by atoms with Crippen LogP contribution in [0.1, 0.15) is 36.5 Å². The van der Waals surface area contributed by atoms with Crippen LogP contribution in [0.2, 0.25) is 0 Å². The smallest absolute Gasteiger partial charge is 0.166 e. The van der Waals surface area contributed by atoms with E-state index in [-0.39, 0.29) is 17.5 Å². The van der Waals surface area contributed by atoms with E-state index in [9.17, 15) is 9.18 Å². The second kappa shape index (κ2) is 4.01. The molecule has 0 unspecified atom stereocenters. The molecule has 0 saturated heterocycles. The summed E-state index contributed by atoms with van der Waals surface area (Å²) in [4.78, 5) is 11.3. The van der Waals surface area contributed by atoms with Gasteiger partial charge < -0.3 is 4.74 Å². The number of carbonyl (C=O) groups excluding carboxylic acids is 1. The van der Waals surface area contributed by atoms with Crippen molar-refractivity contribution in [1.82, 2.24) is 0 Å². The van der Waals surface area contributed by atoms with Crippen molar-refractivity contribution in [3.05, 3.63) is 29.6 Å². The van der Waals surface area contributed by atoms with Gasteiger partial charge in [-0.25, -0.2) is 4.39 Å². The van der Waals surface area contributed by atoms with Crippen LogP contribution < -0.4 is 4.74 Å². The summed E-state index contributed by atoms with van der Waals surface area (Å²) >= 11 is 0. The molecule has 2 nitrogen and oxygen atoms in total. The van der Waals surface area contributed by atoms with Gasteiger partial charge in [0.05, 0.1) is 11.7 Å². The van der Waals surface area contributed by atoms with Crippen molar-refractivity contribution in [3.63, 3.8) is 0 Å². The number of carbonyl (C=O) groups is 1. The highest BCUT2D eigenvalue weighted by Gasteiger charge is 2.22. The number of hydrogen-bond acceptors (Lipinski definition) is 2. The molecule has 0 bridgehead atoms. The minimum Gasteiger partial charge on any atom is -0.490 e. The van der Waals surface area contributed by atoms with Crippen LogP contribution >= 0.6 is 0 Å². The van der Waals surface area contributed by atoms with Gasteiger partial charge in [0.15, 0.2) is 5.78 Å². The Balaban J connectivity index is 2.27. The number of ether oxygens (including phenoxy) is 1. The average molecular weight is 208 g/mol. The third-order valence-electron chi connectivity index (χ3n) is 2.67. The van der Waals surface area contributed by atoms with E-state index in [2.05, 4.69) is 0 Å². The van der Waals surface area contributed by atoms with Crippen LogP contribution in [0.3, 0.4) is 0 Å². The van der Waals surface area contributed by atoms with Crippen LogP contribution in [0.25, 0.3) is 0 Å². The molecule has 1 fully saturated rings. The third kappa shape index (κ3) is 2.01. The van der Waals surface area contributed by atoms with Crippen LogP contribution in [0.15, 0.2) is 18.2 Å². The number of ketones is 1. The van der Waals surface area contributed by atoms with E-state index in [0.717, 1.165) is 19.3 Å². The number of halogens is 1. The molecule has 0 radical (unpaired) electrons. The van der Waals surface area contributed by atoms with Crippen molar-refractivity contribution in [2.75, 3.05) is 0 Å². The average Bonchev–Trinajstić information content (AvgIpc) is 2.10. The third-order valence-corrected chi connectivity index (χ3v) is 2.67. The molecular formula is C12H13FO2. The van der Waals surface area contributed by atoms with Gasteiger partial charge in [-0.2, -0.15) is 0 Å². The molecule has 2 rings (SSSR count). The Hall–Kier alpha value is -1.38. The molecule has 3 heteroatoms. The lowest BCUT2D eigenvalue weighted by Gasteiger charge is -2.27. The lowest BCUT2D eigenvalue weighted by Crippen LogP contribution is -2.25. The van der Waals surface area contributed by atoms with Gasteiger partial charge in [-0.15, -0.1) is 0 Å². The van der Waals surface area contributed by atoms with E-state index < -0.39 is 5.82 Å². The van der Waals surface area contributed by atoms with Crippen molar-refractivity contribution in [1.29, 1.82) is 0 Å². The Labute approximate surface area is 88.1 Å². The van der Waals surface area contributed by atoms with Crippen molar-refractivity contribution in [2.24, 2.45) is 0 Å². The highest BCUT2D eigenvalue weighted by molar-refractivity contribution is 5.97. The SMILES string of the molecule is CC(=O)c1c(F)cccc1OC1CCC1. The molecule has 0 spiro atoms. The highest BCUT2D eigenvalue weighted by atomic mass is 19.1. The number of hydrogen-bond donors (Lipinski definition) is 0. The lowest BCUT2D eigenvalue weighted by atomic mass is 9.96. The van der Waals surface area contributed by atoms with Crippen LogP contribution in [0.4, 0.5) is 4.39 Å². The molecule has 1 aliphatic carbocycles. The summed E-state index contributed by atoms with van der Waals surface area (Å²) in [6.45, 7) is 1.35. The van der Waals surface area contributed by atoms with Gasteiger partial charge in [-0.3, -0.25) is 4.79 Å². The first-order valence-corrected chi connectivity index (χ1v) is 5.14. The predicted octanol–water partition coefficient (Wildman–Crippen LogP) is 2.96. The van der Waals surface area contributed by atoms with Crippen LogP contribution in [-0.4, -0.2) is 11.9 Å². The zero-order chi connectivity index (χ0) is 10.8. The molecule has 0 N–H and O–H groups in total. The molecular weight excluding hydrogens is 195 g/mol. The summed E-state index contributed by atoms with van der Waals surface area (Å²) in [5, 5.41) is 0. The molecule has 80 valence electrons. The maximum atomic E-state index is 13.4. The molecule has 0 amide bonds. The number of Topliss-reactive ketones (excluding diaryl/α,β-unsaturated/α-hetero) is 1. The molecule has 15 heavy (non-hydrogen) atoms. The van der Waals surface area contributed by atoms with Gasteiger partial charge >= 0.3 is 0 Å². The normalized spacial score (nSPS) is 15.9. The first kappa shape index (κ1) is 10.1. The maximum absolute atomic E-state index is 13.4. The molecule has 1 saturated carbocycles. The van der Waals surface area contributed by atoms with E-state index in [0.29, 0.717) is 5.75 Å². The summed E-state index contributed by atoms with van der Waals surface area (Å²) in [5.41, 5.74) is 0.0735. The fourth-order valence-electron chi connectivity index (χ4n) is 1.61. The summed E-state index contributed by atoms with van der Waals surface area (Å²) in [5.74, 6) is -0.408. The molecule has 1 aromatic carbocycles. The fourth-order valence-corrected chi connectivity index (χ4v) is 1.61. The second-order valence-electron chi connectivity index (χ2n) is 3.84. The van der Waals surface area contributed by atoms with Gasteiger partial charge in [0.1, 0.15) is 11.6 Å². The number of rotatable bonds is 3. The minimum atomic E-state index is -0.501. The lowest BCUT2D eigenvalue weighted by molar-refractivity contribution is 0.0977. The topological polar surface area (TPSA) is 26.3 Å². The Morgan fingerprint density at radius 3 is 2.73 bits per heavy atom. The molecule has 1 aliphatic rings. The summed E-state index contributed by atoms with van der Waals surface area (Å²) in [6, 6.07) is 4.50. The first-order chi connectivity index (χ1) is 7.18. The highest BCUT2D eigenvalue weighted by Crippen LogP contribution is 2.29. The minimum absolute atomic E-state index is 0.0735. The summed E-state index contributed by atoms with van der Waals surface area (Å²) in [6.07, 6.45) is 3.29. The van der Waals surface area contributed by atoms with Gasteiger partial charge in [-0.1, -0.05) is 6.07 Å². The van der Waals surface area contributed by atoms with Crippen LogP contribution in [0, 0.1) is 5.82 Å².